The van der Waals surface area contributed by atoms with Gasteiger partial charge in [0.05, 0.1) is 18.5 Å². The third-order valence-electron chi connectivity index (χ3n) is 3.16. The molecule has 0 spiro atoms. The number of fused-ring (bicyclic) bond motifs is 1. The average Bonchev–Trinajstić information content (AvgIpc) is 2.66. The first-order valence-electron chi connectivity index (χ1n) is 5.70. The Morgan fingerprint density at radius 1 is 1.24 bits per heavy atom. The Balaban J connectivity index is 2.11. The van der Waals surface area contributed by atoms with E-state index in [1.807, 2.05) is 12.1 Å². The molecule has 0 saturated carbocycles. The van der Waals surface area contributed by atoms with Crippen molar-refractivity contribution in [2.24, 2.45) is 0 Å². The van der Waals surface area contributed by atoms with Crippen LogP contribution in [0.1, 0.15) is 19.4 Å². The number of rotatable bonds is 1. The average molecular weight is 226 g/mol. The van der Waals surface area contributed by atoms with Crippen molar-refractivity contribution in [3.8, 4) is 17.0 Å². The molecule has 0 radical (unpaired) electrons. The third-order valence-corrected chi connectivity index (χ3v) is 3.16. The van der Waals surface area contributed by atoms with E-state index in [2.05, 4.69) is 29.9 Å². The Labute approximate surface area is 100 Å². The van der Waals surface area contributed by atoms with Crippen LogP contribution in [0, 0.1) is 0 Å². The summed E-state index contributed by atoms with van der Waals surface area (Å²) < 4.78 is 5.67. The second-order valence-corrected chi connectivity index (χ2v) is 4.97. The summed E-state index contributed by atoms with van der Waals surface area (Å²) in [6.07, 6.45) is 5.18. The van der Waals surface area contributed by atoms with Crippen LogP contribution in [-0.4, -0.2) is 16.6 Å². The summed E-state index contributed by atoms with van der Waals surface area (Å²) in [5.74, 6) is 0.989. The van der Waals surface area contributed by atoms with E-state index in [9.17, 15) is 0 Å². The first kappa shape index (κ1) is 10.3. The highest BCUT2D eigenvalue weighted by Gasteiger charge is 2.31. The zero-order valence-corrected chi connectivity index (χ0v) is 9.97. The molecule has 1 aliphatic heterocycles. The van der Waals surface area contributed by atoms with Gasteiger partial charge in [-0.15, -0.1) is 0 Å². The lowest BCUT2D eigenvalue weighted by Gasteiger charge is -2.15. The third kappa shape index (κ3) is 1.68. The smallest absolute Gasteiger partial charge is 0.123 e. The van der Waals surface area contributed by atoms with Gasteiger partial charge in [0.25, 0.3) is 0 Å². The molecule has 86 valence electrons. The number of hydrogen-bond donors (Lipinski definition) is 0. The highest BCUT2D eigenvalue weighted by atomic mass is 16.5. The predicted molar refractivity (Wildman–Crippen MR) is 66.0 cm³/mol. The predicted octanol–water partition coefficient (Wildman–Crippen LogP) is 2.81. The SMILES string of the molecule is CC1(C)COc2ccc(-c3cnccn3)cc21. The van der Waals surface area contributed by atoms with Crippen molar-refractivity contribution in [3.63, 3.8) is 0 Å². The molecule has 0 unspecified atom stereocenters. The van der Waals surface area contributed by atoms with Gasteiger partial charge in [-0.1, -0.05) is 13.8 Å². The van der Waals surface area contributed by atoms with E-state index in [-0.39, 0.29) is 5.41 Å². The molecule has 0 N–H and O–H groups in total. The Hall–Kier alpha value is -1.90. The molecule has 2 aromatic rings. The van der Waals surface area contributed by atoms with E-state index in [1.165, 1.54) is 5.56 Å². The summed E-state index contributed by atoms with van der Waals surface area (Å²) in [7, 11) is 0. The molecule has 3 heteroatoms. The number of aromatic nitrogens is 2. The van der Waals surface area contributed by atoms with Crippen molar-refractivity contribution >= 4 is 0 Å². The van der Waals surface area contributed by atoms with Crippen LogP contribution in [0.3, 0.4) is 0 Å². The Morgan fingerprint density at radius 2 is 2.12 bits per heavy atom. The number of nitrogens with zero attached hydrogens (tertiary/aromatic N) is 2. The van der Waals surface area contributed by atoms with Gasteiger partial charge in [0, 0.05) is 28.9 Å². The maximum absolute atomic E-state index is 5.67. The molecule has 0 atom stereocenters. The lowest BCUT2D eigenvalue weighted by molar-refractivity contribution is 0.291. The van der Waals surface area contributed by atoms with Gasteiger partial charge in [-0.25, -0.2) is 0 Å². The standard InChI is InChI=1S/C14H14N2O/c1-14(2)9-17-13-4-3-10(7-11(13)14)12-8-15-5-6-16-12/h3-8H,9H2,1-2H3. The molecule has 3 rings (SSSR count). The molecule has 1 aliphatic rings. The molecular formula is C14H14N2O. The van der Waals surface area contributed by atoms with Crippen molar-refractivity contribution in [1.29, 1.82) is 0 Å². The minimum atomic E-state index is 0.0769. The monoisotopic (exact) mass is 226 g/mol. The van der Waals surface area contributed by atoms with Crippen LogP contribution in [-0.2, 0) is 5.41 Å². The van der Waals surface area contributed by atoms with Crippen LogP contribution >= 0.6 is 0 Å². The second-order valence-electron chi connectivity index (χ2n) is 4.97. The fraction of sp³-hybridized carbons (Fsp3) is 0.286. The van der Waals surface area contributed by atoms with Gasteiger partial charge in [-0.3, -0.25) is 9.97 Å². The molecule has 3 nitrogen and oxygen atoms in total. The minimum Gasteiger partial charge on any atom is -0.492 e. The largest absolute Gasteiger partial charge is 0.492 e. The van der Waals surface area contributed by atoms with Crippen LogP contribution in [0.2, 0.25) is 0 Å². The summed E-state index contributed by atoms with van der Waals surface area (Å²) in [5.41, 5.74) is 3.32. The fourth-order valence-electron chi connectivity index (χ4n) is 2.13. The van der Waals surface area contributed by atoms with E-state index in [0.29, 0.717) is 0 Å². The zero-order chi connectivity index (χ0) is 11.9. The lowest BCUT2D eigenvalue weighted by atomic mass is 9.86. The first-order chi connectivity index (χ1) is 8.17. The first-order valence-corrected chi connectivity index (χ1v) is 5.70. The number of hydrogen-bond acceptors (Lipinski definition) is 3. The number of ether oxygens (including phenoxy) is 1. The highest BCUT2D eigenvalue weighted by molar-refractivity contribution is 5.63. The summed E-state index contributed by atoms with van der Waals surface area (Å²) in [4.78, 5) is 8.42. The maximum atomic E-state index is 5.67. The zero-order valence-electron chi connectivity index (χ0n) is 9.97. The van der Waals surface area contributed by atoms with Gasteiger partial charge in [0.1, 0.15) is 5.75 Å². The molecule has 17 heavy (non-hydrogen) atoms. The summed E-state index contributed by atoms with van der Waals surface area (Å²) in [6.45, 7) is 5.13. The van der Waals surface area contributed by atoms with E-state index in [1.54, 1.807) is 18.6 Å². The second kappa shape index (κ2) is 3.55. The van der Waals surface area contributed by atoms with Crippen LogP contribution in [0.5, 0.6) is 5.75 Å². The Morgan fingerprint density at radius 3 is 2.88 bits per heavy atom. The van der Waals surface area contributed by atoms with E-state index < -0.39 is 0 Å². The topological polar surface area (TPSA) is 35.0 Å². The highest BCUT2D eigenvalue weighted by Crippen LogP contribution is 2.40. The Bertz CT molecular complexity index is 549. The molecular weight excluding hydrogens is 212 g/mol. The van der Waals surface area contributed by atoms with Crippen LogP contribution in [0.25, 0.3) is 11.3 Å². The molecule has 0 saturated heterocycles. The van der Waals surface area contributed by atoms with Gasteiger partial charge >= 0.3 is 0 Å². The van der Waals surface area contributed by atoms with E-state index in [0.717, 1.165) is 23.6 Å². The van der Waals surface area contributed by atoms with Crippen LogP contribution < -0.4 is 4.74 Å². The molecule has 2 heterocycles. The normalized spacial score (nSPS) is 16.4. The van der Waals surface area contributed by atoms with E-state index in [4.69, 9.17) is 4.74 Å². The van der Waals surface area contributed by atoms with Gasteiger partial charge < -0.3 is 4.74 Å². The fourth-order valence-corrected chi connectivity index (χ4v) is 2.13. The molecule has 0 bridgehead atoms. The summed E-state index contributed by atoms with van der Waals surface area (Å²) in [6, 6.07) is 6.21. The molecule has 1 aromatic heterocycles. The van der Waals surface area contributed by atoms with Gasteiger partial charge in [-0.05, 0) is 18.2 Å². The minimum absolute atomic E-state index is 0.0769. The molecule has 1 aromatic carbocycles. The van der Waals surface area contributed by atoms with Crippen LogP contribution in [0.4, 0.5) is 0 Å². The molecule has 0 aliphatic carbocycles. The van der Waals surface area contributed by atoms with Gasteiger partial charge in [-0.2, -0.15) is 0 Å². The number of benzene rings is 1. The van der Waals surface area contributed by atoms with Gasteiger partial charge in [0.2, 0.25) is 0 Å². The van der Waals surface area contributed by atoms with Gasteiger partial charge in [0.15, 0.2) is 0 Å². The Kier molecular flexibility index (Phi) is 2.15. The molecule has 0 amide bonds. The van der Waals surface area contributed by atoms with Crippen molar-refractivity contribution in [2.45, 2.75) is 19.3 Å². The van der Waals surface area contributed by atoms with Crippen molar-refractivity contribution in [3.05, 3.63) is 42.4 Å². The summed E-state index contributed by atoms with van der Waals surface area (Å²) >= 11 is 0. The molecule has 0 fully saturated rings. The van der Waals surface area contributed by atoms with Crippen LogP contribution in [0.15, 0.2) is 36.8 Å². The van der Waals surface area contributed by atoms with Crippen molar-refractivity contribution in [2.75, 3.05) is 6.61 Å². The quantitative estimate of drug-likeness (QED) is 0.750. The van der Waals surface area contributed by atoms with Crippen molar-refractivity contribution in [1.82, 2.24) is 9.97 Å². The summed E-state index contributed by atoms with van der Waals surface area (Å²) in [5, 5.41) is 0. The maximum Gasteiger partial charge on any atom is 0.123 e. The van der Waals surface area contributed by atoms with E-state index >= 15 is 0 Å². The lowest BCUT2D eigenvalue weighted by Crippen LogP contribution is -2.18. The van der Waals surface area contributed by atoms with Crippen molar-refractivity contribution < 1.29 is 4.74 Å².